The van der Waals surface area contributed by atoms with E-state index in [1.807, 2.05) is 0 Å². The number of rotatable bonds is 8. The summed E-state index contributed by atoms with van der Waals surface area (Å²) in [6.45, 7) is 7.88. The first-order chi connectivity index (χ1) is 13.5. The van der Waals surface area contributed by atoms with Crippen LogP contribution < -0.4 is 9.64 Å². The molecule has 152 valence electrons. The molecule has 1 aromatic carbocycles. The van der Waals surface area contributed by atoms with Gasteiger partial charge in [0.15, 0.2) is 22.5 Å². The van der Waals surface area contributed by atoms with Gasteiger partial charge in [-0.3, -0.25) is 9.36 Å². The Balaban J connectivity index is 1.73. The molecule has 0 N–H and O–H groups in total. The fourth-order valence-corrected chi connectivity index (χ4v) is 3.80. The molecule has 0 spiro atoms. The summed E-state index contributed by atoms with van der Waals surface area (Å²) in [5.74, 6) is 0.778. The van der Waals surface area contributed by atoms with Crippen molar-refractivity contribution in [2.75, 3.05) is 44.1 Å². The first kappa shape index (κ1) is 20.6. The Morgan fingerprint density at radius 2 is 2.07 bits per heavy atom. The zero-order valence-electron chi connectivity index (χ0n) is 16.4. The molecule has 7 nitrogen and oxygen atoms in total. The standard InChI is InChI=1S/C19H25FN4O3S/c1-13(2)11-24-18(23-6-8-27-9-7-23)21-22-19(24)28-12-16(25)14-4-5-17(26-3)15(20)10-14/h4-5,10,13H,6-9,11-12H2,1-3H3. The van der Waals surface area contributed by atoms with Gasteiger partial charge in [0, 0.05) is 25.2 Å². The number of carbonyl (C=O) groups is 1. The van der Waals surface area contributed by atoms with Crippen molar-refractivity contribution in [3.05, 3.63) is 29.6 Å². The lowest BCUT2D eigenvalue weighted by Gasteiger charge is -2.28. The highest BCUT2D eigenvalue weighted by Crippen LogP contribution is 2.25. The van der Waals surface area contributed by atoms with Crippen molar-refractivity contribution in [3.8, 4) is 5.75 Å². The van der Waals surface area contributed by atoms with E-state index in [4.69, 9.17) is 9.47 Å². The molecule has 1 aliphatic heterocycles. The number of halogens is 1. The van der Waals surface area contributed by atoms with Gasteiger partial charge >= 0.3 is 0 Å². The van der Waals surface area contributed by atoms with Crippen LogP contribution in [0.3, 0.4) is 0 Å². The molecule has 0 bridgehead atoms. The highest BCUT2D eigenvalue weighted by molar-refractivity contribution is 7.99. The second-order valence-electron chi connectivity index (χ2n) is 6.95. The number of aromatic nitrogens is 3. The molecule has 1 saturated heterocycles. The molecule has 2 aromatic rings. The van der Waals surface area contributed by atoms with Crippen LogP contribution in [0.25, 0.3) is 0 Å². The third-order valence-electron chi connectivity index (χ3n) is 4.35. The zero-order valence-corrected chi connectivity index (χ0v) is 17.2. The van der Waals surface area contributed by atoms with Gasteiger partial charge in [0.05, 0.1) is 26.1 Å². The lowest BCUT2D eigenvalue weighted by molar-refractivity contribution is 0.102. The van der Waals surface area contributed by atoms with Gasteiger partial charge in [-0.05, 0) is 24.1 Å². The summed E-state index contributed by atoms with van der Waals surface area (Å²) >= 11 is 1.32. The number of carbonyl (C=O) groups excluding carboxylic acids is 1. The lowest BCUT2D eigenvalue weighted by atomic mass is 10.1. The number of anilines is 1. The second-order valence-corrected chi connectivity index (χ2v) is 7.89. The maximum atomic E-state index is 13.9. The maximum absolute atomic E-state index is 13.9. The number of Topliss-reactive ketones (excluding diaryl/α,β-unsaturated/α-hetero) is 1. The third-order valence-corrected chi connectivity index (χ3v) is 5.31. The Hall–Kier alpha value is -2.13. The normalized spacial score (nSPS) is 14.5. The van der Waals surface area contributed by atoms with Gasteiger partial charge in [-0.2, -0.15) is 0 Å². The van der Waals surface area contributed by atoms with E-state index in [0.717, 1.165) is 25.6 Å². The van der Waals surface area contributed by atoms with Crippen LogP contribution in [-0.2, 0) is 11.3 Å². The molecule has 0 amide bonds. The van der Waals surface area contributed by atoms with Crippen molar-refractivity contribution in [3.63, 3.8) is 0 Å². The number of methoxy groups -OCH3 is 1. The van der Waals surface area contributed by atoms with Crippen molar-refractivity contribution in [1.29, 1.82) is 0 Å². The molecule has 9 heteroatoms. The summed E-state index contributed by atoms with van der Waals surface area (Å²) < 4.78 is 26.2. The SMILES string of the molecule is COc1ccc(C(=O)CSc2nnc(N3CCOCC3)n2CC(C)C)cc1F. The van der Waals surface area contributed by atoms with E-state index in [9.17, 15) is 9.18 Å². The minimum absolute atomic E-state index is 0.121. The minimum Gasteiger partial charge on any atom is -0.494 e. The number of morpholine rings is 1. The highest BCUT2D eigenvalue weighted by atomic mass is 32.2. The number of hydrogen-bond acceptors (Lipinski definition) is 7. The first-order valence-electron chi connectivity index (χ1n) is 9.25. The molecule has 0 saturated carbocycles. The maximum Gasteiger partial charge on any atom is 0.228 e. The Morgan fingerprint density at radius 1 is 1.32 bits per heavy atom. The summed E-state index contributed by atoms with van der Waals surface area (Å²) in [7, 11) is 1.39. The Labute approximate surface area is 168 Å². The highest BCUT2D eigenvalue weighted by Gasteiger charge is 2.22. The van der Waals surface area contributed by atoms with E-state index in [1.165, 1.54) is 31.0 Å². The van der Waals surface area contributed by atoms with Crippen LogP contribution in [0.5, 0.6) is 5.75 Å². The van der Waals surface area contributed by atoms with Gasteiger partial charge in [-0.15, -0.1) is 10.2 Å². The number of ketones is 1. The van der Waals surface area contributed by atoms with E-state index in [1.54, 1.807) is 6.07 Å². The quantitative estimate of drug-likeness (QED) is 0.491. The van der Waals surface area contributed by atoms with Gasteiger partial charge in [-0.25, -0.2) is 4.39 Å². The molecular weight excluding hydrogens is 383 g/mol. The number of benzene rings is 1. The molecule has 0 atom stereocenters. The monoisotopic (exact) mass is 408 g/mol. The van der Waals surface area contributed by atoms with Crippen molar-refractivity contribution in [2.24, 2.45) is 5.92 Å². The van der Waals surface area contributed by atoms with Crippen LogP contribution in [0.15, 0.2) is 23.4 Å². The average Bonchev–Trinajstić information content (AvgIpc) is 3.08. The summed E-state index contributed by atoms with van der Waals surface area (Å²) in [5, 5.41) is 9.35. The van der Waals surface area contributed by atoms with Gasteiger partial charge in [0.1, 0.15) is 0 Å². The molecule has 1 fully saturated rings. The van der Waals surface area contributed by atoms with Gasteiger partial charge in [0.2, 0.25) is 5.95 Å². The first-order valence-corrected chi connectivity index (χ1v) is 10.2. The van der Waals surface area contributed by atoms with Crippen LogP contribution in [0, 0.1) is 11.7 Å². The molecule has 1 aromatic heterocycles. The third kappa shape index (κ3) is 4.82. The Morgan fingerprint density at radius 3 is 2.71 bits per heavy atom. The molecule has 28 heavy (non-hydrogen) atoms. The fourth-order valence-electron chi connectivity index (χ4n) is 2.96. The van der Waals surface area contributed by atoms with E-state index < -0.39 is 5.82 Å². The summed E-state index contributed by atoms with van der Waals surface area (Å²) in [4.78, 5) is 14.7. The molecule has 1 aliphatic rings. The predicted octanol–water partition coefficient (Wildman–Crippen LogP) is 2.89. The summed E-state index contributed by atoms with van der Waals surface area (Å²) in [6.07, 6.45) is 0. The minimum atomic E-state index is -0.545. The van der Waals surface area contributed by atoms with E-state index in [2.05, 4.69) is 33.5 Å². The van der Waals surface area contributed by atoms with Crippen molar-refractivity contribution in [2.45, 2.75) is 25.5 Å². The largest absolute Gasteiger partial charge is 0.494 e. The van der Waals surface area contributed by atoms with Crippen molar-refractivity contribution >= 4 is 23.5 Å². The van der Waals surface area contributed by atoms with Gasteiger partial charge < -0.3 is 14.4 Å². The van der Waals surface area contributed by atoms with E-state index in [-0.39, 0.29) is 17.3 Å². The zero-order chi connectivity index (χ0) is 20.1. The molecular formula is C19H25FN4O3S. The van der Waals surface area contributed by atoms with E-state index >= 15 is 0 Å². The molecule has 3 rings (SSSR count). The number of nitrogens with zero attached hydrogens (tertiary/aromatic N) is 4. The number of hydrogen-bond donors (Lipinski definition) is 0. The summed E-state index contributed by atoms with van der Waals surface area (Å²) in [5.41, 5.74) is 0.314. The summed E-state index contributed by atoms with van der Waals surface area (Å²) in [6, 6.07) is 4.24. The predicted molar refractivity (Wildman–Crippen MR) is 106 cm³/mol. The molecule has 0 aliphatic carbocycles. The Kier molecular flexibility index (Phi) is 6.90. The van der Waals surface area contributed by atoms with Crippen molar-refractivity contribution in [1.82, 2.24) is 14.8 Å². The number of ether oxygens (including phenoxy) is 2. The Bertz CT molecular complexity index is 822. The lowest BCUT2D eigenvalue weighted by Crippen LogP contribution is -2.38. The topological polar surface area (TPSA) is 69.5 Å². The van der Waals surface area contributed by atoms with Crippen LogP contribution in [0.2, 0.25) is 0 Å². The number of thioether (sulfide) groups is 1. The molecule has 2 heterocycles. The second kappa shape index (κ2) is 9.38. The smallest absolute Gasteiger partial charge is 0.228 e. The van der Waals surface area contributed by atoms with E-state index in [0.29, 0.717) is 29.9 Å². The van der Waals surface area contributed by atoms with Crippen LogP contribution in [0.1, 0.15) is 24.2 Å². The fraction of sp³-hybridized carbons (Fsp3) is 0.526. The van der Waals surface area contributed by atoms with Gasteiger partial charge in [-0.1, -0.05) is 25.6 Å². The van der Waals surface area contributed by atoms with Crippen LogP contribution >= 0.6 is 11.8 Å². The van der Waals surface area contributed by atoms with Crippen molar-refractivity contribution < 1.29 is 18.7 Å². The molecule has 0 radical (unpaired) electrons. The van der Waals surface area contributed by atoms with Gasteiger partial charge in [0.25, 0.3) is 0 Å². The molecule has 0 unspecified atom stereocenters. The van der Waals surface area contributed by atoms with Crippen LogP contribution in [-0.4, -0.2) is 59.7 Å². The van der Waals surface area contributed by atoms with Crippen LogP contribution in [0.4, 0.5) is 10.3 Å². The average molecular weight is 408 g/mol.